The number of aromatic nitrogens is 1. The van der Waals surface area contributed by atoms with E-state index in [9.17, 15) is 0 Å². The van der Waals surface area contributed by atoms with Crippen molar-refractivity contribution in [2.24, 2.45) is 5.92 Å². The second kappa shape index (κ2) is 7.83. The first-order valence-electron chi connectivity index (χ1n) is 7.95. The maximum absolute atomic E-state index is 5.94. The lowest BCUT2D eigenvalue weighted by Crippen LogP contribution is -2.33. The minimum Gasteiger partial charge on any atom is -0.497 e. The van der Waals surface area contributed by atoms with Gasteiger partial charge >= 0.3 is 0 Å². The van der Waals surface area contributed by atoms with E-state index in [4.69, 9.17) is 14.2 Å². The van der Waals surface area contributed by atoms with Crippen molar-refractivity contribution in [1.29, 1.82) is 0 Å². The van der Waals surface area contributed by atoms with Gasteiger partial charge in [0, 0.05) is 18.7 Å². The molecule has 5 nitrogen and oxygen atoms in total. The highest BCUT2D eigenvalue weighted by Gasteiger charge is 2.15. The standard InChI is InChI=1S/C18H22N2O3/c1-21-15-6-8-16(9-7-15)23-18-17(5-3-11-20-18)22-13-14-4-2-10-19-12-14/h3,5-9,11,14,19H,2,4,10,12-13H2,1H3/t14-/m0/s1. The van der Waals surface area contributed by atoms with Gasteiger partial charge < -0.3 is 19.5 Å². The molecule has 1 saturated heterocycles. The summed E-state index contributed by atoms with van der Waals surface area (Å²) in [6, 6.07) is 11.2. The molecule has 1 aliphatic rings. The molecule has 2 aromatic rings. The minimum atomic E-state index is 0.487. The van der Waals surface area contributed by atoms with Crippen LogP contribution in [0.1, 0.15) is 12.8 Å². The van der Waals surface area contributed by atoms with Crippen molar-refractivity contribution in [3.63, 3.8) is 0 Å². The maximum Gasteiger partial charge on any atom is 0.262 e. The van der Waals surface area contributed by atoms with E-state index in [0.29, 0.717) is 29.9 Å². The molecule has 0 saturated carbocycles. The molecule has 1 aliphatic heterocycles. The van der Waals surface area contributed by atoms with E-state index in [0.717, 1.165) is 18.8 Å². The molecule has 1 aromatic carbocycles. The Labute approximate surface area is 136 Å². The van der Waals surface area contributed by atoms with Gasteiger partial charge in [0.1, 0.15) is 11.5 Å². The van der Waals surface area contributed by atoms with Gasteiger partial charge in [-0.2, -0.15) is 0 Å². The molecule has 23 heavy (non-hydrogen) atoms. The molecule has 1 fully saturated rings. The van der Waals surface area contributed by atoms with Crippen molar-refractivity contribution >= 4 is 0 Å². The average molecular weight is 314 g/mol. The van der Waals surface area contributed by atoms with Crippen molar-refractivity contribution < 1.29 is 14.2 Å². The normalized spacial score (nSPS) is 17.5. The van der Waals surface area contributed by atoms with Gasteiger partial charge in [0.2, 0.25) is 0 Å². The van der Waals surface area contributed by atoms with Gasteiger partial charge in [-0.3, -0.25) is 0 Å². The number of ether oxygens (including phenoxy) is 3. The van der Waals surface area contributed by atoms with Gasteiger partial charge in [0.05, 0.1) is 13.7 Å². The third-order valence-electron chi connectivity index (χ3n) is 3.88. The highest BCUT2D eigenvalue weighted by Crippen LogP contribution is 2.30. The van der Waals surface area contributed by atoms with E-state index in [1.165, 1.54) is 12.8 Å². The van der Waals surface area contributed by atoms with E-state index in [1.54, 1.807) is 13.3 Å². The van der Waals surface area contributed by atoms with E-state index < -0.39 is 0 Å². The molecule has 2 heterocycles. The summed E-state index contributed by atoms with van der Waals surface area (Å²) in [5.41, 5.74) is 0. The molecular formula is C18H22N2O3. The zero-order chi connectivity index (χ0) is 15.9. The Morgan fingerprint density at radius 3 is 2.74 bits per heavy atom. The number of nitrogens with zero attached hydrogens (tertiary/aromatic N) is 1. The largest absolute Gasteiger partial charge is 0.497 e. The van der Waals surface area contributed by atoms with Crippen molar-refractivity contribution in [3.05, 3.63) is 42.6 Å². The molecule has 1 aromatic heterocycles. The summed E-state index contributed by atoms with van der Waals surface area (Å²) in [5.74, 6) is 3.20. The lowest BCUT2D eigenvalue weighted by atomic mass is 10.0. The summed E-state index contributed by atoms with van der Waals surface area (Å²) in [5, 5.41) is 3.40. The molecule has 5 heteroatoms. The predicted octanol–water partition coefficient (Wildman–Crippen LogP) is 3.26. The molecule has 0 radical (unpaired) electrons. The lowest BCUT2D eigenvalue weighted by molar-refractivity contribution is 0.212. The van der Waals surface area contributed by atoms with Gasteiger partial charge in [-0.05, 0) is 55.8 Å². The van der Waals surface area contributed by atoms with Gasteiger partial charge in [-0.1, -0.05) is 0 Å². The van der Waals surface area contributed by atoms with Crippen molar-refractivity contribution in [3.8, 4) is 23.1 Å². The number of nitrogens with one attached hydrogen (secondary N) is 1. The van der Waals surface area contributed by atoms with Crippen LogP contribution >= 0.6 is 0 Å². The molecule has 0 amide bonds. The molecule has 122 valence electrons. The first-order valence-corrected chi connectivity index (χ1v) is 7.95. The molecule has 3 rings (SSSR count). The van der Waals surface area contributed by atoms with Crippen LogP contribution in [0.4, 0.5) is 0 Å². The first kappa shape index (κ1) is 15.6. The highest BCUT2D eigenvalue weighted by atomic mass is 16.5. The third-order valence-corrected chi connectivity index (χ3v) is 3.88. The number of hydrogen-bond donors (Lipinski definition) is 1. The number of piperidine rings is 1. The van der Waals surface area contributed by atoms with Crippen LogP contribution in [-0.2, 0) is 0 Å². The summed E-state index contributed by atoms with van der Waals surface area (Å²) < 4.78 is 16.9. The van der Waals surface area contributed by atoms with Crippen LogP contribution in [0.25, 0.3) is 0 Å². The summed E-state index contributed by atoms with van der Waals surface area (Å²) in [4.78, 5) is 4.29. The third kappa shape index (κ3) is 4.36. The van der Waals surface area contributed by atoms with E-state index in [1.807, 2.05) is 36.4 Å². The molecule has 0 aliphatic carbocycles. The number of benzene rings is 1. The second-order valence-corrected chi connectivity index (χ2v) is 5.61. The zero-order valence-electron chi connectivity index (χ0n) is 13.3. The fourth-order valence-corrected chi connectivity index (χ4v) is 2.59. The average Bonchev–Trinajstić information content (AvgIpc) is 2.62. The maximum atomic E-state index is 5.94. The van der Waals surface area contributed by atoms with Crippen molar-refractivity contribution in [2.75, 3.05) is 26.8 Å². The van der Waals surface area contributed by atoms with Crippen LogP contribution < -0.4 is 19.5 Å². The van der Waals surface area contributed by atoms with Crippen LogP contribution in [0.15, 0.2) is 42.6 Å². The molecular weight excluding hydrogens is 292 g/mol. The van der Waals surface area contributed by atoms with E-state index >= 15 is 0 Å². The molecule has 0 spiro atoms. The number of pyridine rings is 1. The van der Waals surface area contributed by atoms with E-state index in [-0.39, 0.29) is 0 Å². The second-order valence-electron chi connectivity index (χ2n) is 5.61. The van der Waals surface area contributed by atoms with E-state index in [2.05, 4.69) is 10.3 Å². The molecule has 0 bridgehead atoms. The Bertz CT molecular complexity index is 610. The summed E-state index contributed by atoms with van der Waals surface area (Å²) in [6.07, 6.45) is 4.10. The van der Waals surface area contributed by atoms with Gasteiger partial charge in [-0.25, -0.2) is 4.98 Å². The summed E-state index contributed by atoms with van der Waals surface area (Å²) in [7, 11) is 1.64. The van der Waals surface area contributed by atoms with Crippen molar-refractivity contribution in [2.45, 2.75) is 12.8 Å². The van der Waals surface area contributed by atoms with Crippen LogP contribution in [-0.4, -0.2) is 31.8 Å². The highest BCUT2D eigenvalue weighted by molar-refractivity contribution is 5.38. The minimum absolute atomic E-state index is 0.487. The van der Waals surface area contributed by atoms with Gasteiger partial charge in [-0.15, -0.1) is 0 Å². The van der Waals surface area contributed by atoms with Crippen LogP contribution in [0.2, 0.25) is 0 Å². The Hall–Kier alpha value is -2.27. The van der Waals surface area contributed by atoms with Crippen molar-refractivity contribution in [1.82, 2.24) is 10.3 Å². The fourth-order valence-electron chi connectivity index (χ4n) is 2.59. The summed E-state index contributed by atoms with van der Waals surface area (Å²) >= 11 is 0. The zero-order valence-corrected chi connectivity index (χ0v) is 13.3. The Morgan fingerprint density at radius 2 is 2.00 bits per heavy atom. The smallest absolute Gasteiger partial charge is 0.262 e. The topological polar surface area (TPSA) is 52.6 Å². The Morgan fingerprint density at radius 1 is 1.17 bits per heavy atom. The van der Waals surface area contributed by atoms with Crippen LogP contribution in [0.5, 0.6) is 23.1 Å². The number of hydrogen-bond acceptors (Lipinski definition) is 5. The first-order chi connectivity index (χ1) is 11.3. The lowest BCUT2D eigenvalue weighted by Gasteiger charge is -2.23. The predicted molar refractivity (Wildman–Crippen MR) is 88.4 cm³/mol. The van der Waals surface area contributed by atoms with Gasteiger partial charge in [0.25, 0.3) is 5.88 Å². The number of methoxy groups -OCH3 is 1. The monoisotopic (exact) mass is 314 g/mol. The molecule has 0 unspecified atom stereocenters. The molecule has 1 N–H and O–H groups in total. The summed E-state index contributed by atoms with van der Waals surface area (Å²) in [6.45, 7) is 2.79. The fraction of sp³-hybridized carbons (Fsp3) is 0.389. The van der Waals surface area contributed by atoms with Crippen LogP contribution in [0.3, 0.4) is 0 Å². The Kier molecular flexibility index (Phi) is 5.32. The number of rotatable bonds is 6. The van der Waals surface area contributed by atoms with Crippen LogP contribution in [0, 0.1) is 5.92 Å². The Balaban J connectivity index is 1.64. The SMILES string of the molecule is COc1ccc(Oc2ncccc2OC[C@H]2CCCNC2)cc1. The molecule has 1 atom stereocenters. The quantitative estimate of drug-likeness (QED) is 0.887. The van der Waals surface area contributed by atoms with Gasteiger partial charge in [0.15, 0.2) is 5.75 Å².